The van der Waals surface area contributed by atoms with Crippen molar-refractivity contribution >= 4 is 11.6 Å². The van der Waals surface area contributed by atoms with E-state index in [1.165, 1.54) is 12.3 Å². The van der Waals surface area contributed by atoms with E-state index in [9.17, 15) is 4.79 Å². The molecule has 0 atom stereocenters. The van der Waals surface area contributed by atoms with Crippen molar-refractivity contribution in [2.75, 3.05) is 5.32 Å². The Labute approximate surface area is 194 Å². The van der Waals surface area contributed by atoms with E-state index in [1.807, 2.05) is 20.8 Å². The molecule has 10 nitrogen and oxygen atoms in total. The third kappa shape index (κ3) is 4.16. The number of carbonyl (C=O) groups is 1. The molecular weight excluding hydrogens is 436 g/mol. The van der Waals surface area contributed by atoms with Crippen molar-refractivity contribution < 1.29 is 18.5 Å². The Hall–Kier alpha value is -4.73. The van der Waals surface area contributed by atoms with Crippen LogP contribution in [0.1, 0.15) is 27.4 Å². The van der Waals surface area contributed by atoms with Crippen LogP contribution in [0.5, 0.6) is 11.6 Å². The number of amides is 1. The molecule has 0 aliphatic carbocycles. The van der Waals surface area contributed by atoms with E-state index in [-0.39, 0.29) is 5.69 Å². The monoisotopic (exact) mass is 456 g/mol. The van der Waals surface area contributed by atoms with Crippen molar-refractivity contribution in [3.63, 3.8) is 0 Å². The number of rotatable bonds is 6. The summed E-state index contributed by atoms with van der Waals surface area (Å²) in [4.78, 5) is 12.4. The second-order valence-electron chi connectivity index (χ2n) is 7.57. The maximum absolute atomic E-state index is 12.4. The van der Waals surface area contributed by atoms with Gasteiger partial charge >= 0.3 is 0 Å². The van der Waals surface area contributed by atoms with E-state index < -0.39 is 5.91 Å². The van der Waals surface area contributed by atoms with Crippen LogP contribution in [0.15, 0.2) is 69.8 Å². The maximum atomic E-state index is 12.4. The van der Waals surface area contributed by atoms with Gasteiger partial charge in [0.05, 0.1) is 12.0 Å². The summed E-state index contributed by atoms with van der Waals surface area (Å²) in [5, 5.41) is 19.4. The molecule has 1 aromatic carbocycles. The quantitative estimate of drug-likeness (QED) is 0.384. The number of benzene rings is 1. The van der Waals surface area contributed by atoms with Crippen LogP contribution >= 0.6 is 0 Å². The van der Waals surface area contributed by atoms with Crippen LogP contribution in [0.2, 0.25) is 0 Å². The summed E-state index contributed by atoms with van der Waals surface area (Å²) in [6.45, 7) is 5.97. The van der Waals surface area contributed by atoms with Gasteiger partial charge in [-0.1, -0.05) is 5.16 Å². The van der Waals surface area contributed by atoms with Gasteiger partial charge in [0.25, 0.3) is 5.91 Å². The Morgan fingerprint density at radius 3 is 2.47 bits per heavy atom. The van der Waals surface area contributed by atoms with Gasteiger partial charge in [-0.3, -0.25) is 4.79 Å². The summed E-state index contributed by atoms with van der Waals surface area (Å²) in [6.07, 6.45) is 1.52. The number of aryl methyl sites for hydroxylation is 1. The molecule has 0 unspecified atom stereocenters. The molecule has 1 amide bonds. The largest absolute Gasteiger partial charge is 0.461 e. The van der Waals surface area contributed by atoms with E-state index in [2.05, 4.69) is 25.8 Å². The molecule has 0 aliphatic heterocycles. The Bertz CT molecular complexity index is 1430. The van der Waals surface area contributed by atoms with Gasteiger partial charge in [-0.05, 0) is 68.8 Å². The average molecular weight is 456 g/mol. The zero-order chi connectivity index (χ0) is 23.7. The third-order valence-electron chi connectivity index (χ3n) is 5.34. The van der Waals surface area contributed by atoms with Crippen LogP contribution < -0.4 is 10.1 Å². The highest BCUT2D eigenvalue weighted by molar-refractivity contribution is 6.03. The predicted molar refractivity (Wildman–Crippen MR) is 122 cm³/mol. The maximum Gasteiger partial charge on any atom is 0.277 e. The number of aromatic nitrogens is 5. The number of furan rings is 1. The lowest BCUT2D eigenvalue weighted by atomic mass is 10.2. The molecule has 0 radical (unpaired) electrons. The van der Waals surface area contributed by atoms with Crippen molar-refractivity contribution in [2.24, 2.45) is 0 Å². The Morgan fingerprint density at radius 1 is 1.00 bits per heavy atom. The van der Waals surface area contributed by atoms with Crippen LogP contribution in [0, 0.1) is 20.8 Å². The molecule has 170 valence electrons. The molecule has 4 aromatic heterocycles. The summed E-state index contributed by atoms with van der Waals surface area (Å²) in [7, 11) is 0. The number of hydrogen-bond acceptors (Lipinski definition) is 8. The fourth-order valence-electron chi connectivity index (χ4n) is 3.26. The summed E-state index contributed by atoms with van der Waals surface area (Å²) < 4.78 is 17.9. The van der Waals surface area contributed by atoms with Crippen molar-refractivity contribution in [3.8, 4) is 29.0 Å². The molecule has 5 rings (SSSR count). The van der Waals surface area contributed by atoms with Gasteiger partial charge < -0.3 is 19.0 Å². The molecule has 0 saturated carbocycles. The van der Waals surface area contributed by atoms with Crippen LogP contribution in [0.3, 0.4) is 0 Å². The van der Waals surface area contributed by atoms with Crippen LogP contribution in [-0.2, 0) is 0 Å². The number of anilines is 1. The summed E-state index contributed by atoms with van der Waals surface area (Å²) >= 11 is 0. The second-order valence-corrected chi connectivity index (χ2v) is 7.57. The molecule has 34 heavy (non-hydrogen) atoms. The molecule has 10 heteroatoms. The first kappa shape index (κ1) is 21.1. The number of hydrogen-bond donors (Lipinski definition) is 1. The van der Waals surface area contributed by atoms with E-state index in [1.54, 1.807) is 53.2 Å². The Morgan fingerprint density at radius 2 is 1.82 bits per heavy atom. The number of carbonyl (C=O) groups excluding carboxylic acids is 1. The number of nitrogens with zero attached hydrogens (tertiary/aromatic N) is 5. The highest BCUT2D eigenvalue weighted by Gasteiger charge is 2.15. The molecular formula is C24H20N6O4. The average Bonchev–Trinajstić information content (AvgIpc) is 3.59. The normalized spacial score (nSPS) is 10.9. The van der Waals surface area contributed by atoms with Crippen molar-refractivity contribution in [2.45, 2.75) is 20.8 Å². The molecule has 1 N–H and O–H groups in total. The molecule has 5 aromatic rings. The molecule has 0 fully saturated rings. The second kappa shape index (κ2) is 8.66. The Kier molecular flexibility index (Phi) is 5.38. The van der Waals surface area contributed by atoms with Gasteiger partial charge in [-0.2, -0.15) is 5.10 Å². The minimum Gasteiger partial charge on any atom is -0.461 e. The summed E-state index contributed by atoms with van der Waals surface area (Å²) in [5.74, 6) is 1.96. The zero-order valence-corrected chi connectivity index (χ0v) is 18.6. The van der Waals surface area contributed by atoms with Crippen LogP contribution in [0.4, 0.5) is 5.69 Å². The van der Waals surface area contributed by atoms with E-state index in [0.29, 0.717) is 34.7 Å². The molecule has 4 heterocycles. The number of nitrogens with one attached hydrogen (secondary N) is 1. The van der Waals surface area contributed by atoms with Gasteiger partial charge in [0, 0.05) is 23.5 Å². The fourth-order valence-corrected chi connectivity index (χ4v) is 3.26. The number of ether oxygens (including phenoxy) is 1. The standard InChI is InChI=1S/C24H20N6O4/c1-14-15(2)28-30(16(14)3)22-10-11-23(27-26-22)33-18-8-6-17(7-9-18)25-24(31)19-13-21(34-29-19)20-5-4-12-32-20/h4-13H,1-3H3,(H,25,31). The van der Waals surface area contributed by atoms with Crippen molar-refractivity contribution in [3.05, 3.63) is 83.5 Å². The van der Waals surface area contributed by atoms with E-state index >= 15 is 0 Å². The van der Waals surface area contributed by atoms with E-state index in [4.69, 9.17) is 13.7 Å². The summed E-state index contributed by atoms with van der Waals surface area (Å²) in [5.41, 5.74) is 3.80. The van der Waals surface area contributed by atoms with Gasteiger partial charge in [-0.15, -0.1) is 10.2 Å². The lowest BCUT2D eigenvalue weighted by Gasteiger charge is -2.07. The van der Waals surface area contributed by atoms with Crippen LogP contribution in [0.25, 0.3) is 17.3 Å². The van der Waals surface area contributed by atoms with Crippen LogP contribution in [-0.4, -0.2) is 31.0 Å². The lowest BCUT2D eigenvalue weighted by molar-refractivity contribution is 0.101. The fraction of sp³-hybridized carbons (Fsp3) is 0.125. The van der Waals surface area contributed by atoms with Crippen molar-refractivity contribution in [1.82, 2.24) is 25.1 Å². The third-order valence-corrected chi connectivity index (χ3v) is 5.34. The van der Waals surface area contributed by atoms with Crippen molar-refractivity contribution in [1.29, 1.82) is 0 Å². The SMILES string of the molecule is Cc1nn(-c2ccc(Oc3ccc(NC(=O)c4cc(-c5ccco5)on4)cc3)nn2)c(C)c1C. The Balaban J connectivity index is 1.22. The predicted octanol–water partition coefficient (Wildman–Crippen LogP) is 4.88. The first-order chi connectivity index (χ1) is 16.5. The highest BCUT2D eigenvalue weighted by atomic mass is 16.5. The first-order valence-corrected chi connectivity index (χ1v) is 10.4. The molecule has 0 spiro atoms. The minimum atomic E-state index is -0.406. The lowest BCUT2D eigenvalue weighted by Crippen LogP contribution is -2.11. The molecule has 0 aliphatic rings. The van der Waals surface area contributed by atoms with Gasteiger partial charge in [0.2, 0.25) is 11.6 Å². The topological polar surface area (TPSA) is 121 Å². The van der Waals surface area contributed by atoms with Gasteiger partial charge in [-0.25, -0.2) is 4.68 Å². The highest BCUT2D eigenvalue weighted by Crippen LogP contribution is 2.24. The van der Waals surface area contributed by atoms with Gasteiger partial charge in [0.15, 0.2) is 17.3 Å². The minimum absolute atomic E-state index is 0.139. The zero-order valence-electron chi connectivity index (χ0n) is 18.6. The smallest absolute Gasteiger partial charge is 0.277 e. The van der Waals surface area contributed by atoms with E-state index in [0.717, 1.165) is 17.0 Å². The molecule has 0 bridgehead atoms. The summed E-state index contributed by atoms with van der Waals surface area (Å²) in [6, 6.07) is 15.3. The van der Waals surface area contributed by atoms with Gasteiger partial charge in [0.1, 0.15) is 5.75 Å². The first-order valence-electron chi connectivity index (χ1n) is 10.4. The molecule has 0 saturated heterocycles.